The summed E-state index contributed by atoms with van der Waals surface area (Å²) in [6.07, 6.45) is -1.61. The second-order valence-electron chi connectivity index (χ2n) is 10.6. The molecular weight excluding hydrogens is 561 g/mol. The highest BCUT2D eigenvalue weighted by molar-refractivity contribution is 7.79. The summed E-state index contributed by atoms with van der Waals surface area (Å²) in [6.45, 7) is 8.04. The van der Waals surface area contributed by atoms with Gasteiger partial charge >= 0.3 is 0 Å². The SMILES string of the molecule is Cc1cc(CS)cc(C)c1C(=O)C(OCCOC(C(=O)c1c(C)cc(CS)cc1C)c1ccccc1)c1ccccc1. The molecule has 0 saturated heterocycles. The van der Waals surface area contributed by atoms with Gasteiger partial charge in [0.05, 0.1) is 13.2 Å². The number of benzene rings is 4. The second kappa shape index (κ2) is 14.8. The van der Waals surface area contributed by atoms with Gasteiger partial charge in [0.25, 0.3) is 0 Å². The maximum absolute atomic E-state index is 13.9. The molecule has 0 spiro atoms. The first-order valence-corrected chi connectivity index (χ1v) is 15.3. The fourth-order valence-corrected chi connectivity index (χ4v) is 5.93. The molecule has 6 heteroatoms. The van der Waals surface area contributed by atoms with Crippen molar-refractivity contribution in [1.82, 2.24) is 0 Å². The first kappa shape index (κ1) is 31.8. The highest BCUT2D eigenvalue weighted by Gasteiger charge is 2.28. The van der Waals surface area contributed by atoms with Crippen molar-refractivity contribution in [2.45, 2.75) is 51.4 Å². The summed E-state index contributed by atoms with van der Waals surface area (Å²) in [5.41, 5.74) is 8.57. The molecule has 2 unspecified atom stereocenters. The number of aryl methyl sites for hydroxylation is 4. The number of ketones is 2. The number of thiol groups is 2. The van der Waals surface area contributed by atoms with E-state index in [9.17, 15) is 9.59 Å². The zero-order chi connectivity index (χ0) is 30.2. The summed E-state index contributed by atoms with van der Waals surface area (Å²) >= 11 is 8.79. The third kappa shape index (κ3) is 7.42. The van der Waals surface area contributed by atoms with Crippen molar-refractivity contribution in [1.29, 1.82) is 0 Å². The Hall–Kier alpha value is -3.16. The van der Waals surface area contributed by atoms with E-state index in [1.807, 2.05) is 113 Å². The number of carbonyl (C=O) groups excluding carboxylic acids is 2. The lowest BCUT2D eigenvalue weighted by atomic mass is 9.91. The molecule has 0 fully saturated rings. The van der Waals surface area contributed by atoms with E-state index in [2.05, 4.69) is 25.3 Å². The fourth-order valence-electron chi connectivity index (χ4n) is 5.56. The molecule has 0 aliphatic rings. The third-order valence-electron chi connectivity index (χ3n) is 7.38. The van der Waals surface area contributed by atoms with Crippen molar-refractivity contribution < 1.29 is 19.1 Å². The standard InChI is InChI=1S/C36H38O4S2/c1-23-17-27(21-41)18-24(2)31(23)33(37)35(29-11-7-5-8-12-29)39-15-16-40-36(30-13-9-6-10-14-30)34(38)32-25(3)19-28(22-42)20-26(32)4/h5-14,17-20,35-36,41-42H,15-16,21-22H2,1-4H3. The fraction of sp³-hybridized carbons (Fsp3) is 0.278. The molecule has 0 bridgehead atoms. The molecule has 0 heterocycles. The third-order valence-corrected chi connectivity index (χ3v) is 8.11. The molecule has 4 aromatic rings. The minimum Gasteiger partial charge on any atom is -0.363 e. The largest absolute Gasteiger partial charge is 0.363 e. The van der Waals surface area contributed by atoms with Crippen LogP contribution < -0.4 is 0 Å². The van der Waals surface area contributed by atoms with Crippen LogP contribution in [0.4, 0.5) is 0 Å². The Morgan fingerprint density at radius 3 is 1.17 bits per heavy atom. The van der Waals surface area contributed by atoms with Crippen LogP contribution in [0.3, 0.4) is 0 Å². The Labute approximate surface area is 260 Å². The minimum absolute atomic E-state index is 0.104. The maximum atomic E-state index is 13.9. The molecule has 0 saturated carbocycles. The van der Waals surface area contributed by atoms with E-state index < -0.39 is 12.2 Å². The van der Waals surface area contributed by atoms with Gasteiger partial charge in [0.15, 0.2) is 11.6 Å². The van der Waals surface area contributed by atoms with Crippen molar-refractivity contribution in [3.8, 4) is 0 Å². The van der Waals surface area contributed by atoms with Crippen LogP contribution in [0.5, 0.6) is 0 Å². The first-order valence-electron chi connectivity index (χ1n) is 14.1. The smallest absolute Gasteiger partial charge is 0.196 e. The normalized spacial score (nSPS) is 12.6. The van der Waals surface area contributed by atoms with Gasteiger partial charge in [-0.2, -0.15) is 25.3 Å². The zero-order valence-corrected chi connectivity index (χ0v) is 26.4. The molecule has 0 N–H and O–H groups in total. The quantitative estimate of drug-likeness (QED) is 0.0923. The van der Waals surface area contributed by atoms with Gasteiger partial charge in [0.1, 0.15) is 12.2 Å². The van der Waals surface area contributed by atoms with E-state index in [4.69, 9.17) is 9.47 Å². The van der Waals surface area contributed by atoms with E-state index in [0.29, 0.717) is 22.6 Å². The predicted molar refractivity (Wildman–Crippen MR) is 176 cm³/mol. The molecule has 0 aliphatic heterocycles. The van der Waals surface area contributed by atoms with E-state index in [-0.39, 0.29) is 24.8 Å². The van der Waals surface area contributed by atoms with Gasteiger partial charge in [-0.05, 0) is 72.2 Å². The Kier molecular flexibility index (Phi) is 11.2. The summed E-state index contributed by atoms with van der Waals surface area (Å²) in [5.74, 6) is 0.999. The van der Waals surface area contributed by atoms with Crippen molar-refractivity contribution in [3.05, 3.63) is 141 Å². The second-order valence-corrected chi connectivity index (χ2v) is 11.2. The summed E-state index contributed by atoms with van der Waals surface area (Å²) in [7, 11) is 0. The Balaban J connectivity index is 1.56. The predicted octanol–water partition coefficient (Wildman–Crippen LogP) is 8.36. The molecule has 0 radical (unpaired) electrons. The molecule has 4 nitrogen and oxygen atoms in total. The van der Waals surface area contributed by atoms with Gasteiger partial charge in [-0.3, -0.25) is 9.59 Å². The molecule has 0 aliphatic carbocycles. The Bertz CT molecular complexity index is 1370. The van der Waals surface area contributed by atoms with Crippen molar-refractivity contribution >= 4 is 36.8 Å². The molecule has 42 heavy (non-hydrogen) atoms. The lowest BCUT2D eigenvalue weighted by Crippen LogP contribution is -2.23. The van der Waals surface area contributed by atoms with Crippen LogP contribution >= 0.6 is 25.3 Å². The summed E-state index contributed by atoms with van der Waals surface area (Å²) in [5, 5.41) is 0. The number of carbonyl (C=O) groups is 2. The number of hydrogen-bond acceptors (Lipinski definition) is 6. The van der Waals surface area contributed by atoms with Crippen LogP contribution in [0.15, 0.2) is 84.9 Å². The monoisotopic (exact) mass is 598 g/mol. The van der Waals surface area contributed by atoms with Gasteiger partial charge in [-0.15, -0.1) is 0 Å². The van der Waals surface area contributed by atoms with Crippen molar-refractivity contribution in [2.24, 2.45) is 0 Å². The molecule has 218 valence electrons. The molecule has 0 amide bonds. The topological polar surface area (TPSA) is 52.6 Å². The van der Waals surface area contributed by atoms with Crippen LogP contribution in [0.2, 0.25) is 0 Å². The van der Waals surface area contributed by atoms with Gasteiger partial charge in [0.2, 0.25) is 0 Å². The summed E-state index contributed by atoms with van der Waals surface area (Å²) in [6, 6.07) is 27.0. The van der Waals surface area contributed by atoms with Crippen LogP contribution in [0.1, 0.15) is 77.4 Å². The van der Waals surface area contributed by atoms with Gasteiger partial charge in [0, 0.05) is 22.6 Å². The average molecular weight is 599 g/mol. The van der Waals surface area contributed by atoms with E-state index in [0.717, 1.165) is 44.5 Å². The molecule has 4 rings (SSSR count). The maximum Gasteiger partial charge on any atom is 0.196 e. The van der Waals surface area contributed by atoms with Crippen molar-refractivity contribution in [2.75, 3.05) is 13.2 Å². The lowest BCUT2D eigenvalue weighted by Gasteiger charge is -2.22. The average Bonchev–Trinajstić information content (AvgIpc) is 2.98. The van der Waals surface area contributed by atoms with Crippen LogP contribution in [0.25, 0.3) is 0 Å². The lowest BCUT2D eigenvalue weighted by molar-refractivity contribution is -0.0123. The molecular formula is C36H38O4S2. The van der Waals surface area contributed by atoms with E-state index in [1.165, 1.54) is 0 Å². The zero-order valence-electron chi connectivity index (χ0n) is 24.6. The van der Waals surface area contributed by atoms with Gasteiger partial charge in [-0.25, -0.2) is 0 Å². The van der Waals surface area contributed by atoms with Crippen molar-refractivity contribution in [3.63, 3.8) is 0 Å². The van der Waals surface area contributed by atoms with Gasteiger partial charge < -0.3 is 9.47 Å². The number of Topliss-reactive ketones (excluding diaryl/α,β-unsaturated/α-hetero) is 2. The highest BCUT2D eigenvalue weighted by atomic mass is 32.1. The van der Waals surface area contributed by atoms with E-state index in [1.54, 1.807) is 0 Å². The van der Waals surface area contributed by atoms with Gasteiger partial charge in [-0.1, -0.05) is 84.9 Å². The number of hydrogen-bond donors (Lipinski definition) is 2. The molecule has 2 atom stereocenters. The van der Waals surface area contributed by atoms with Crippen LogP contribution in [-0.4, -0.2) is 24.8 Å². The van der Waals surface area contributed by atoms with E-state index >= 15 is 0 Å². The Morgan fingerprint density at radius 2 is 0.881 bits per heavy atom. The summed E-state index contributed by atoms with van der Waals surface area (Å²) < 4.78 is 12.5. The number of ether oxygens (including phenoxy) is 2. The highest BCUT2D eigenvalue weighted by Crippen LogP contribution is 2.30. The first-order chi connectivity index (χ1) is 20.2. The molecule has 0 aromatic heterocycles. The Morgan fingerprint density at radius 1 is 0.571 bits per heavy atom. The minimum atomic E-state index is -0.807. The number of rotatable bonds is 13. The molecule has 4 aromatic carbocycles. The van der Waals surface area contributed by atoms with Crippen LogP contribution in [0, 0.1) is 27.7 Å². The summed E-state index contributed by atoms with van der Waals surface area (Å²) in [4.78, 5) is 27.8. The van der Waals surface area contributed by atoms with Crippen LogP contribution in [-0.2, 0) is 21.0 Å².